The van der Waals surface area contributed by atoms with Crippen molar-refractivity contribution in [3.05, 3.63) is 5.51 Å². The average Bonchev–Trinajstić information content (AvgIpc) is 2.85. The molecule has 0 spiro atoms. The molecule has 1 saturated heterocycles. The van der Waals surface area contributed by atoms with E-state index in [0.29, 0.717) is 11.7 Å². The molecular weight excluding hydrogens is 230 g/mol. The molecule has 1 amide bonds. The van der Waals surface area contributed by atoms with Gasteiger partial charge in [0.05, 0.1) is 11.1 Å². The topological polar surface area (TPSA) is 46.1 Å². The fourth-order valence-corrected chi connectivity index (χ4v) is 3.57. The van der Waals surface area contributed by atoms with E-state index in [2.05, 4.69) is 24.0 Å². The molecule has 2 heterocycles. The van der Waals surface area contributed by atoms with E-state index in [0.717, 1.165) is 11.6 Å². The molecule has 0 saturated carbocycles. The Morgan fingerprint density at radius 1 is 1.73 bits per heavy atom. The van der Waals surface area contributed by atoms with Crippen molar-refractivity contribution >= 4 is 34.1 Å². The quantitative estimate of drug-likeness (QED) is 0.814. The fraction of sp³-hybridized carbons (Fsp3) is 0.667. The van der Waals surface area contributed by atoms with Gasteiger partial charge < -0.3 is 0 Å². The van der Waals surface area contributed by atoms with E-state index in [1.54, 1.807) is 22.2 Å². The largest absolute Gasteiger partial charge is 0.273 e. The maximum Gasteiger partial charge on any atom is 0.239 e. The number of amides is 1. The van der Waals surface area contributed by atoms with Crippen LogP contribution in [0.25, 0.3) is 0 Å². The Morgan fingerprint density at radius 2 is 2.53 bits per heavy atom. The zero-order chi connectivity index (χ0) is 10.8. The van der Waals surface area contributed by atoms with Crippen LogP contribution in [-0.4, -0.2) is 27.2 Å². The monoisotopic (exact) mass is 243 g/mol. The van der Waals surface area contributed by atoms with Crippen LogP contribution in [0.3, 0.4) is 0 Å². The molecule has 0 bridgehead atoms. The van der Waals surface area contributed by atoms with E-state index in [9.17, 15) is 4.79 Å². The molecule has 0 aliphatic carbocycles. The smallest absolute Gasteiger partial charge is 0.239 e. The second kappa shape index (κ2) is 4.49. The minimum atomic E-state index is 0.155. The summed E-state index contributed by atoms with van der Waals surface area (Å²) in [4.78, 5) is 13.5. The number of aromatic nitrogens is 2. The maximum absolute atomic E-state index is 11.7. The van der Waals surface area contributed by atoms with Crippen LogP contribution in [0.15, 0.2) is 5.51 Å². The van der Waals surface area contributed by atoms with E-state index in [1.807, 2.05) is 0 Å². The summed E-state index contributed by atoms with van der Waals surface area (Å²) in [7, 11) is 0. The van der Waals surface area contributed by atoms with E-state index in [4.69, 9.17) is 0 Å². The van der Waals surface area contributed by atoms with Crippen molar-refractivity contribution < 1.29 is 4.79 Å². The van der Waals surface area contributed by atoms with E-state index in [1.165, 1.54) is 11.3 Å². The first-order valence-corrected chi connectivity index (χ1v) is 6.86. The lowest BCUT2D eigenvalue weighted by Crippen LogP contribution is -2.36. The highest BCUT2D eigenvalue weighted by Gasteiger charge is 2.37. The molecule has 1 fully saturated rings. The highest BCUT2D eigenvalue weighted by atomic mass is 32.2. The lowest BCUT2D eigenvalue weighted by molar-refractivity contribution is -0.116. The summed E-state index contributed by atoms with van der Waals surface area (Å²) in [5, 5.41) is 8.73. The first-order chi connectivity index (χ1) is 7.24. The number of rotatable bonds is 3. The van der Waals surface area contributed by atoms with Crippen LogP contribution in [0.4, 0.5) is 5.13 Å². The van der Waals surface area contributed by atoms with Gasteiger partial charge in [0, 0.05) is 0 Å². The average molecular weight is 243 g/mol. The lowest BCUT2D eigenvalue weighted by atomic mass is 10.1. The third-order valence-corrected chi connectivity index (χ3v) is 4.71. The van der Waals surface area contributed by atoms with Crippen LogP contribution >= 0.6 is 23.1 Å². The van der Waals surface area contributed by atoms with Gasteiger partial charge in [-0.25, -0.2) is 0 Å². The second-order valence-corrected chi connectivity index (χ2v) is 5.49. The summed E-state index contributed by atoms with van der Waals surface area (Å²) in [5.41, 5.74) is 1.67. The van der Waals surface area contributed by atoms with Gasteiger partial charge in [-0.3, -0.25) is 9.69 Å². The molecule has 0 radical (unpaired) electrons. The van der Waals surface area contributed by atoms with Crippen molar-refractivity contribution in [3.8, 4) is 0 Å². The summed E-state index contributed by atoms with van der Waals surface area (Å²) >= 11 is 3.13. The van der Waals surface area contributed by atoms with E-state index >= 15 is 0 Å². The molecule has 1 aromatic rings. The summed E-state index contributed by atoms with van der Waals surface area (Å²) in [5.74, 6) is 1.21. The fourth-order valence-electron chi connectivity index (χ4n) is 1.55. The van der Waals surface area contributed by atoms with Crippen molar-refractivity contribution in [2.24, 2.45) is 5.92 Å². The summed E-state index contributed by atoms with van der Waals surface area (Å²) in [6.07, 6.45) is 1.07. The number of thioether (sulfide) groups is 1. The van der Waals surface area contributed by atoms with E-state index in [-0.39, 0.29) is 11.3 Å². The molecule has 2 rings (SSSR count). The normalized spacial score (nSPS) is 23.5. The summed E-state index contributed by atoms with van der Waals surface area (Å²) in [6.45, 7) is 4.32. The molecule has 0 N–H and O–H groups in total. The van der Waals surface area contributed by atoms with Crippen LogP contribution in [0.2, 0.25) is 0 Å². The Bertz CT molecular complexity index is 341. The van der Waals surface area contributed by atoms with Crippen LogP contribution < -0.4 is 4.90 Å². The van der Waals surface area contributed by atoms with Gasteiger partial charge in [0.15, 0.2) is 0 Å². The van der Waals surface area contributed by atoms with Crippen molar-refractivity contribution in [1.82, 2.24) is 10.2 Å². The molecule has 1 aromatic heterocycles. The minimum Gasteiger partial charge on any atom is -0.273 e. The third kappa shape index (κ3) is 2.01. The molecule has 0 unspecified atom stereocenters. The first kappa shape index (κ1) is 10.9. The van der Waals surface area contributed by atoms with Crippen LogP contribution in [0.1, 0.15) is 20.3 Å². The first-order valence-electron chi connectivity index (χ1n) is 4.94. The van der Waals surface area contributed by atoms with Gasteiger partial charge in [-0.05, 0) is 5.92 Å². The molecule has 1 aliphatic heterocycles. The lowest BCUT2D eigenvalue weighted by Gasteiger charge is -2.25. The number of carbonyl (C=O) groups is 1. The number of carbonyl (C=O) groups excluding carboxylic acids is 1. The van der Waals surface area contributed by atoms with Gasteiger partial charge in [-0.1, -0.05) is 31.6 Å². The summed E-state index contributed by atoms with van der Waals surface area (Å²) in [6, 6.07) is 0. The minimum absolute atomic E-state index is 0.155. The number of nitrogens with zero attached hydrogens (tertiary/aromatic N) is 3. The van der Waals surface area contributed by atoms with Crippen LogP contribution in [0.5, 0.6) is 0 Å². The van der Waals surface area contributed by atoms with Gasteiger partial charge in [-0.2, -0.15) is 0 Å². The number of hydrogen-bond donors (Lipinski definition) is 0. The standard InChI is InChI=1S/C9H13N3OS2/c1-3-6(2)8-12(7(13)4-14-8)9-11-10-5-15-9/h5-6,8H,3-4H2,1-2H3/t6-,8-/m0/s1. The Hall–Kier alpha value is -0.620. The second-order valence-electron chi connectivity index (χ2n) is 3.57. The van der Waals surface area contributed by atoms with Gasteiger partial charge in [0.2, 0.25) is 11.0 Å². The number of anilines is 1. The van der Waals surface area contributed by atoms with Crippen molar-refractivity contribution in [1.29, 1.82) is 0 Å². The molecule has 82 valence electrons. The summed E-state index contributed by atoms with van der Waals surface area (Å²) < 4.78 is 0. The molecule has 0 aromatic carbocycles. The predicted molar refractivity (Wildman–Crippen MR) is 63.1 cm³/mol. The van der Waals surface area contributed by atoms with Crippen LogP contribution in [0, 0.1) is 5.92 Å². The van der Waals surface area contributed by atoms with Gasteiger partial charge in [0.1, 0.15) is 5.51 Å². The van der Waals surface area contributed by atoms with Crippen molar-refractivity contribution in [2.45, 2.75) is 25.6 Å². The van der Waals surface area contributed by atoms with E-state index < -0.39 is 0 Å². The van der Waals surface area contributed by atoms with Crippen LogP contribution in [-0.2, 0) is 4.79 Å². The van der Waals surface area contributed by atoms with Crippen molar-refractivity contribution in [2.75, 3.05) is 10.7 Å². The van der Waals surface area contributed by atoms with Gasteiger partial charge >= 0.3 is 0 Å². The zero-order valence-corrected chi connectivity index (χ0v) is 10.3. The third-order valence-electron chi connectivity index (χ3n) is 2.59. The predicted octanol–water partition coefficient (Wildman–Crippen LogP) is 1.99. The molecule has 2 atom stereocenters. The Kier molecular flexibility index (Phi) is 3.25. The Labute approximate surface area is 97.1 Å². The maximum atomic E-state index is 11.7. The highest BCUT2D eigenvalue weighted by Crippen LogP contribution is 2.36. The molecular formula is C9H13N3OS2. The molecule has 1 aliphatic rings. The van der Waals surface area contributed by atoms with Gasteiger partial charge in [0.25, 0.3) is 0 Å². The SMILES string of the molecule is CC[C@H](C)[C@@H]1SCC(=O)N1c1nncs1. The number of hydrogen-bond acceptors (Lipinski definition) is 5. The molecule has 15 heavy (non-hydrogen) atoms. The highest BCUT2D eigenvalue weighted by molar-refractivity contribution is 8.01. The zero-order valence-electron chi connectivity index (χ0n) is 8.71. The molecule has 4 nitrogen and oxygen atoms in total. The van der Waals surface area contributed by atoms with Crippen molar-refractivity contribution in [3.63, 3.8) is 0 Å². The molecule has 6 heteroatoms. The Balaban J connectivity index is 2.23. The Morgan fingerprint density at radius 3 is 3.13 bits per heavy atom. The van der Waals surface area contributed by atoms with Gasteiger partial charge in [-0.15, -0.1) is 22.0 Å².